The first kappa shape index (κ1) is 16.0. The molecule has 2 aliphatic rings. The van der Waals surface area contributed by atoms with Crippen LogP contribution in [0.25, 0.3) is 10.2 Å². The van der Waals surface area contributed by atoms with Crippen LogP contribution in [0.3, 0.4) is 0 Å². The van der Waals surface area contributed by atoms with Crippen LogP contribution in [0.1, 0.15) is 25.7 Å². The van der Waals surface area contributed by atoms with Crippen LogP contribution >= 0.6 is 11.3 Å². The van der Waals surface area contributed by atoms with Gasteiger partial charge in [0.1, 0.15) is 0 Å². The molecule has 5 nitrogen and oxygen atoms in total. The van der Waals surface area contributed by atoms with Crippen LogP contribution in [-0.4, -0.2) is 48.0 Å². The van der Waals surface area contributed by atoms with Gasteiger partial charge < -0.3 is 10.6 Å². The summed E-state index contributed by atoms with van der Waals surface area (Å²) >= 11 is 1.53. The molecule has 128 valence electrons. The van der Waals surface area contributed by atoms with Crippen molar-refractivity contribution in [2.75, 3.05) is 31.5 Å². The minimum atomic E-state index is 0.0477. The number of hydrogen-bond acceptors (Lipinski definition) is 5. The Kier molecular flexibility index (Phi) is 4.78. The van der Waals surface area contributed by atoms with Crippen molar-refractivity contribution >= 4 is 32.6 Å². The molecule has 0 aliphatic carbocycles. The van der Waals surface area contributed by atoms with Gasteiger partial charge in [0.25, 0.3) is 0 Å². The Hall–Kier alpha value is -1.50. The van der Waals surface area contributed by atoms with Crippen molar-refractivity contribution in [1.82, 2.24) is 15.2 Å². The molecule has 2 aromatic rings. The van der Waals surface area contributed by atoms with Crippen molar-refractivity contribution in [2.24, 2.45) is 5.92 Å². The van der Waals surface area contributed by atoms with Gasteiger partial charge in [-0.15, -0.1) is 0 Å². The zero-order valence-electron chi connectivity index (χ0n) is 13.8. The number of nitrogens with one attached hydrogen (secondary N) is 2. The number of carbonyl (C=O) groups is 1. The van der Waals surface area contributed by atoms with E-state index < -0.39 is 0 Å². The predicted octanol–water partition coefficient (Wildman–Crippen LogP) is 2.70. The summed E-state index contributed by atoms with van der Waals surface area (Å²) < 4.78 is 1.11. The SMILES string of the molecule is O=C(CN1CCC(C2CCCN2)CC1)Nc1nc2ccccc2s1. The van der Waals surface area contributed by atoms with E-state index in [0.29, 0.717) is 17.7 Å². The Labute approximate surface area is 146 Å². The van der Waals surface area contributed by atoms with Crippen LogP contribution < -0.4 is 10.6 Å². The molecule has 24 heavy (non-hydrogen) atoms. The molecule has 2 saturated heterocycles. The Morgan fingerprint density at radius 1 is 1.29 bits per heavy atom. The molecule has 2 aliphatic heterocycles. The lowest BCUT2D eigenvalue weighted by molar-refractivity contribution is -0.117. The highest BCUT2D eigenvalue weighted by atomic mass is 32.1. The maximum Gasteiger partial charge on any atom is 0.240 e. The number of benzene rings is 1. The summed E-state index contributed by atoms with van der Waals surface area (Å²) in [7, 11) is 0. The normalized spacial score (nSPS) is 22.9. The van der Waals surface area contributed by atoms with Gasteiger partial charge in [0.15, 0.2) is 5.13 Å². The third kappa shape index (κ3) is 3.61. The standard InChI is InChI=1S/C18H24N4OS/c23-17(21-18-20-15-4-1-2-6-16(15)24-18)12-22-10-7-13(8-11-22)14-5-3-9-19-14/h1-2,4,6,13-14,19H,3,5,7-12H2,(H,20,21,23). The number of rotatable bonds is 4. The summed E-state index contributed by atoms with van der Waals surface area (Å²) in [5.74, 6) is 0.836. The fraction of sp³-hybridized carbons (Fsp3) is 0.556. The topological polar surface area (TPSA) is 57.3 Å². The molecule has 2 fully saturated rings. The lowest BCUT2D eigenvalue weighted by Gasteiger charge is -2.34. The molecule has 1 amide bonds. The number of nitrogens with zero attached hydrogens (tertiary/aromatic N) is 2. The highest BCUT2D eigenvalue weighted by molar-refractivity contribution is 7.22. The quantitative estimate of drug-likeness (QED) is 0.895. The number of aromatic nitrogens is 1. The van der Waals surface area contributed by atoms with Gasteiger partial charge in [-0.25, -0.2) is 4.98 Å². The largest absolute Gasteiger partial charge is 0.314 e. The van der Waals surface area contributed by atoms with E-state index >= 15 is 0 Å². The number of carbonyl (C=O) groups excluding carboxylic acids is 1. The van der Waals surface area contributed by atoms with Crippen molar-refractivity contribution in [1.29, 1.82) is 0 Å². The van der Waals surface area contributed by atoms with Crippen LogP contribution in [0.15, 0.2) is 24.3 Å². The van der Waals surface area contributed by atoms with E-state index in [1.54, 1.807) is 0 Å². The second-order valence-electron chi connectivity index (χ2n) is 6.85. The molecule has 4 rings (SSSR count). The van der Waals surface area contributed by atoms with Crippen molar-refractivity contribution in [2.45, 2.75) is 31.7 Å². The van der Waals surface area contributed by atoms with E-state index in [4.69, 9.17) is 0 Å². The van der Waals surface area contributed by atoms with Crippen molar-refractivity contribution in [3.8, 4) is 0 Å². The first-order valence-corrected chi connectivity index (χ1v) is 9.71. The van der Waals surface area contributed by atoms with Crippen LogP contribution in [0.4, 0.5) is 5.13 Å². The fourth-order valence-electron chi connectivity index (χ4n) is 3.91. The molecule has 0 saturated carbocycles. The molecular weight excluding hydrogens is 320 g/mol. The summed E-state index contributed by atoms with van der Waals surface area (Å²) in [6.07, 6.45) is 5.04. The minimum Gasteiger partial charge on any atom is -0.314 e. The van der Waals surface area contributed by atoms with Crippen LogP contribution in [0.2, 0.25) is 0 Å². The second kappa shape index (κ2) is 7.17. The molecule has 0 spiro atoms. The number of fused-ring (bicyclic) bond motifs is 1. The van der Waals surface area contributed by atoms with Gasteiger partial charge >= 0.3 is 0 Å². The lowest BCUT2D eigenvalue weighted by Crippen LogP contribution is -2.43. The average molecular weight is 344 g/mol. The first-order valence-electron chi connectivity index (χ1n) is 8.89. The van der Waals surface area contributed by atoms with Crippen molar-refractivity contribution in [3.05, 3.63) is 24.3 Å². The summed E-state index contributed by atoms with van der Waals surface area (Å²) in [5, 5.41) is 7.28. The maximum absolute atomic E-state index is 12.3. The van der Waals surface area contributed by atoms with Gasteiger partial charge in [-0.05, 0) is 63.4 Å². The zero-order valence-corrected chi connectivity index (χ0v) is 14.6. The van der Waals surface area contributed by atoms with Gasteiger partial charge in [-0.1, -0.05) is 23.5 Å². The smallest absolute Gasteiger partial charge is 0.240 e. The summed E-state index contributed by atoms with van der Waals surface area (Å²) in [4.78, 5) is 19.0. The first-order chi connectivity index (χ1) is 11.8. The van der Waals surface area contributed by atoms with Crippen LogP contribution in [0.5, 0.6) is 0 Å². The third-order valence-electron chi connectivity index (χ3n) is 5.21. The predicted molar refractivity (Wildman–Crippen MR) is 98.4 cm³/mol. The molecule has 2 N–H and O–H groups in total. The Bertz CT molecular complexity index is 669. The second-order valence-corrected chi connectivity index (χ2v) is 7.88. The van der Waals surface area contributed by atoms with Gasteiger partial charge in [0, 0.05) is 6.04 Å². The van der Waals surface area contributed by atoms with Gasteiger partial charge in [0.05, 0.1) is 16.8 Å². The molecule has 1 unspecified atom stereocenters. The van der Waals surface area contributed by atoms with Crippen molar-refractivity contribution in [3.63, 3.8) is 0 Å². The fourth-order valence-corrected chi connectivity index (χ4v) is 4.80. The zero-order chi connectivity index (χ0) is 16.4. The van der Waals surface area contributed by atoms with Crippen LogP contribution in [0, 0.1) is 5.92 Å². The monoisotopic (exact) mass is 344 g/mol. The lowest BCUT2D eigenvalue weighted by atomic mass is 9.88. The molecule has 0 radical (unpaired) electrons. The summed E-state index contributed by atoms with van der Waals surface area (Å²) in [5.41, 5.74) is 0.947. The van der Waals surface area contributed by atoms with Crippen LogP contribution in [-0.2, 0) is 4.79 Å². The van der Waals surface area contributed by atoms with E-state index in [9.17, 15) is 4.79 Å². The maximum atomic E-state index is 12.3. The number of para-hydroxylation sites is 1. The molecule has 1 atom stereocenters. The molecular formula is C18H24N4OS. The van der Waals surface area contributed by atoms with Crippen molar-refractivity contribution < 1.29 is 4.79 Å². The van der Waals surface area contributed by atoms with E-state index in [2.05, 4.69) is 20.5 Å². The van der Waals surface area contributed by atoms with Gasteiger partial charge in [-0.2, -0.15) is 0 Å². The van der Waals surface area contributed by atoms with Gasteiger partial charge in [0.2, 0.25) is 5.91 Å². The number of thiazole rings is 1. The molecule has 0 bridgehead atoms. The van der Waals surface area contributed by atoms with E-state index in [1.807, 2.05) is 24.3 Å². The molecule has 3 heterocycles. The molecule has 1 aromatic heterocycles. The number of piperidine rings is 1. The summed E-state index contributed by atoms with van der Waals surface area (Å²) in [6, 6.07) is 8.68. The van der Waals surface area contributed by atoms with E-state index in [0.717, 1.165) is 29.2 Å². The highest BCUT2D eigenvalue weighted by Gasteiger charge is 2.28. The number of anilines is 1. The summed E-state index contributed by atoms with van der Waals surface area (Å²) in [6.45, 7) is 3.70. The number of likely N-dealkylation sites (tertiary alicyclic amines) is 1. The average Bonchev–Trinajstić information content (AvgIpc) is 3.24. The Morgan fingerprint density at radius 2 is 2.12 bits per heavy atom. The number of amides is 1. The van der Waals surface area contributed by atoms with E-state index in [1.165, 1.54) is 43.6 Å². The minimum absolute atomic E-state index is 0.0477. The molecule has 1 aromatic carbocycles. The Balaban J connectivity index is 1.27. The highest BCUT2D eigenvalue weighted by Crippen LogP contribution is 2.27. The third-order valence-corrected chi connectivity index (χ3v) is 6.16. The molecule has 6 heteroatoms. The van der Waals surface area contributed by atoms with Gasteiger partial charge in [-0.3, -0.25) is 9.69 Å². The Morgan fingerprint density at radius 3 is 2.88 bits per heavy atom. The van der Waals surface area contributed by atoms with E-state index in [-0.39, 0.29) is 5.91 Å². The number of hydrogen-bond donors (Lipinski definition) is 2.